The van der Waals surface area contributed by atoms with Crippen LogP contribution in [0.5, 0.6) is 0 Å². The lowest BCUT2D eigenvalue weighted by atomic mass is 9.88. The highest BCUT2D eigenvalue weighted by Crippen LogP contribution is 2.42. The molecule has 1 N–H and O–H groups in total. The summed E-state index contributed by atoms with van der Waals surface area (Å²) in [4.78, 5) is 40.8. The van der Waals surface area contributed by atoms with Gasteiger partial charge < -0.3 is 10.2 Å². The van der Waals surface area contributed by atoms with E-state index in [2.05, 4.69) is 30.1 Å². The van der Waals surface area contributed by atoms with E-state index in [0.29, 0.717) is 10.6 Å². The fourth-order valence-electron chi connectivity index (χ4n) is 3.97. The van der Waals surface area contributed by atoms with Crippen molar-refractivity contribution in [1.82, 2.24) is 4.90 Å². The fraction of sp³-hybridized carbons (Fsp3) is 0.240. The van der Waals surface area contributed by atoms with Crippen molar-refractivity contribution in [2.75, 3.05) is 23.8 Å². The zero-order valence-electron chi connectivity index (χ0n) is 19.1. The van der Waals surface area contributed by atoms with E-state index in [0.717, 1.165) is 33.5 Å². The minimum absolute atomic E-state index is 0.0209. The van der Waals surface area contributed by atoms with Gasteiger partial charge in [0.05, 0.1) is 16.1 Å². The first-order valence-corrected chi connectivity index (χ1v) is 11.7. The number of nitrogens with zero attached hydrogens (tertiary/aromatic N) is 2. The third-order valence-electron chi connectivity index (χ3n) is 5.95. The summed E-state index contributed by atoms with van der Waals surface area (Å²) in [5.74, 6) is -1.88. The number of amides is 3. The summed E-state index contributed by atoms with van der Waals surface area (Å²) in [7, 11) is 2.00. The van der Waals surface area contributed by atoms with Crippen molar-refractivity contribution in [3.8, 4) is 0 Å². The van der Waals surface area contributed by atoms with E-state index >= 15 is 0 Å². The van der Waals surface area contributed by atoms with Gasteiger partial charge in [0.15, 0.2) is 0 Å². The maximum Gasteiger partial charge on any atom is 0.294 e. The van der Waals surface area contributed by atoms with Crippen LogP contribution in [0.2, 0.25) is 5.02 Å². The molecule has 0 saturated carbocycles. The minimum Gasteiger partial charge on any atom is -0.365 e. The maximum absolute atomic E-state index is 13.8. The van der Waals surface area contributed by atoms with E-state index in [1.165, 1.54) is 18.2 Å². The maximum atomic E-state index is 13.8. The Kier molecular flexibility index (Phi) is 6.31. The largest absolute Gasteiger partial charge is 0.365 e. The summed E-state index contributed by atoms with van der Waals surface area (Å²) in [6, 6.07) is 9.42. The van der Waals surface area contributed by atoms with E-state index in [1.807, 2.05) is 26.1 Å². The third kappa shape index (κ3) is 4.48. The van der Waals surface area contributed by atoms with Crippen molar-refractivity contribution in [1.29, 1.82) is 0 Å². The third-order valence-corrected chi connectivity index (χ3v) is 7.18. The number of likely N-dealkylation sites (N-methyl/N-ethyl adjacent to an activating group) is 1. The van der Waals surface area contributed by atoms with Gasteiger partial charge in [-0.2, -0.15) is 0 Å². The first-order chi connectivity index (χ1) is 16.0. The molecule has 9 heteroatoms. The summed E-state index contributed by atoms with van der Waals surface area (Å²) in [5.41, 5.74) is 3.46. The van der Waals surface area contributed by atoms with Crippen LogP contribution in [-0.4, -0.2) is 41.1 Å². The van der Waals surface area contributed by atoms with Crippen molar-refractivity contribution in [2.45, 2.75) is 26.3 Å². The van der Waals surface area contributed by atoms with Crippen LogP contribution in [0.4, 0.5) is 20.6 Å². The molecular weight excluding hydrogens is 477 g/mol. The van der Waals surface area contributed by atoms with Gasteiger partial charge in [0.2, 0.25) is 5.91 Å². The zero-order chi connectivity index (χ0) is 24.8. The molecule has 1 saturated heterocycles. The zero-order valence-corrected chi connectivity index (χ0v) is 20.7. The number of hydrogen-bond donors (Lipinski definition) is 1. The minimum atomic E-state index is -0.674. The van der Waals surface area contributed by atoms with E-state index in [9.17, 15) is 18.8 Å². The number of hydrogen-bond acceptors (Lipinski definition) is 5. The van der Waals surface area contributed by atoms with Crippen LogP contribution in [0.3, 0.4) is 0 Å². The highest BCUT2D eigenvalue weighted by Gasteiger charge is 2.37. The normalized spacial score (nSPS) is 18.3. The molecular formula is C25H23ClFN3O3S. The van der Waals surface area contributed by atoms with Gasteiger partial charge in [-0.05, 0) is 74.0 Å². The second-order valence-corrected chi connectivity index (χ2v) is 10.1. The second-order valence-electron chi connectivity index (χ2n) is 8.73. The van der Waals surface area contributed by atoms with Gasteiger partial charge in [0, 0.05) is 23.3 Å². The van der Waals surface area contributed by atoms with Crippen molar-refractivity contribution in [3.05, 3.63) is 69.3 Å². The number of halogens is 2. The van der Waals surface area contributed by atoms with Gasteiger partial charge in [0.1, 0.15) is 12.4 Å². The standard InChI is InChI=1S/C25H23ClFN3O3S/c1-14-12-25(2,3)29(4)20-11-17(26)15(9-16(14)20)10-21-23(32)30(24(33)34-21)13-22(31)28-19-8-6-5-7-18(19)27/h5-12H,13H2,1-4H3,(H,28,31)/b21-10+. The van der Waals surface area contributed by atoms with E-state index in [4.69, 9.17) is 11.6 Å². The molecule has 0 bridgehead atoms. The van der Waals surface area contributed by atoms with Crippen molar-refractivity contribution < 1.29 is 18.8 Å². The topological polar surface area (TPSA) is 69.7 Å². The molecule has 0 aromatic heterocycles. The second kappa shape index (κ2) is 8.92. The lowest BCUT2D eigenvalue weighted by Crippen LogP contribution is -2.42. The first-order valence-electron chi connectivity index (χ1n) is 10.5. The molecule has 0 atom stereocenters. The van der Waals surface area contributed by atoms with Crippen LogP contribution in [-0.2, 0) is 9.59 Å². The van der Waals surface area contributed by atoms with Gasteiger partial charge in [-0.3, -0.25) is 19.3 Å². The predicted molar refractivity (Wildman–Crippen MR) is 135 cm³/mol. The van der Waals surface area contributed by atoms with Crippen molar-refractivity contribution >= 4 is 63.4 Å². The number of carbonyl (C=O) groups is 3. The Morgan fingerprint density at radius 2 is 1.94 bits per heavy atom. The monoisotopic (exact) mass is 499 g/mol. The molecule has 0 radical (unpaired) electrons. The molecule has 0 spiro atoms. The highest BCUT2D eigenvalue weighted by atomic mass is 35.5. The van der Waals surface area contributed by atoms with Gasteiger partial charge >= 0.3 is 0 Å². The molecule has 2 aromatic carbocycles. The predicted octanol–water partition coefficient (Wildman–Crippen LogP) is 5.79. The molecule has 1 fully saturated rings. The number of rotatable bonds is 4. The number of nitrogens with one attached hydrogen (secondary N) is 1. The smallest absolute Gasteiger partial charge is 0.294 e. The number of carbonyl (C=O) groups excluding carboxylic acids is 3. The lowest BCUT2D eigenvalue weighted by Gasteiger charge is -2.40. The summed E-state index contributed by atoms with van der Waals surface area (Å²) >= 11 is 7.28. The molecule has 2 aromatic rings. The number of anilines is 2. The van der Waals surface area contributed by atoms with Crippen LogP contribution in [0.25, 0.3) is 11.6 Å². The Balaban J connectivity index is 1.56. The van der Waals surface area contributed by atoms with Crippen LogP contribution >= 0.6 is 23.4 Å². The number of thioether (sulfide) groups is 1. The summed E-state index contributed by atoms with van der Waals surface area (Å²) in [5, 5.41) is 2.25. The molecule has 6 nitrogen and oxygen atoms in total. The van der Waals surface area contributed by atoms with Crippen LogP contribution < -0.4 is 10.2 Å². The lowest BCUT2D eigenvalue weighted by molar-refractivity contribution is -0.127. The highest BCUT2D eigenvalue weighted by molar-refractivity contribution is 8.18. The SMILES string of the molecule is CC1=CC(C)(C)N(C)c2cc(Cl)c(/C=C3/SC(=O)N(CC(=O)Nc4ccccc4F)C3=O)cc21. The number of imide groups is 1. The average molecular weight is 500 g/mol. The molecule has 2 aliphatic rings. The fourth-order valence-corrected chi connectivity index (χ4v) is 5.01. The van der Waals surface area contributed by atoms with E-state index < -0.39 is 29.4 Å². The van der Waals surface area contributed by atoms with Crippen LogP contribution in [0, 0.1) is 5.82 Å². The summed E-state index contributed by atoms with van der Waals surface area (Å²) in [6.45, 7) is 5.72. The molecule has 34 heavy (non-hydrogen) atoms. The van der Waals surface area contributed by atoms with Gasteiger partial charge in [-0.15, -0.1) is 0 Å². The number of para-hydroxylation sites is 1. The molecule has 3 amide bonds. The van der Waals surface area contributed by atoms with Gasteiger partial charge in [-0.1, -0.05) is 29.8 Å². The number of fused-ring (bicyclic) bond motifs is 1. The Morgan fingerprint density at radius 1 is 1.24 bits per heavy atom. The Hall–Kier alpha value is -3.10. The molecule has 0 aliphatic carbocycles. The summed E-state index contributed by atoms with van der Waals surface area (Å²) < 4.78 is 13.8. The Morgan fingerprint density at radius 3 is 2.65 bits per heavy atom. The van der Waals surface area contributed by atoms with Crippen LogP contribution in [0.1, 0.15) is 31.9 Å². The summed E-state index contributed by atoms with van der Waals surface area (Å²) in [6.07, 6.45) is 3.73. The van der Waals surface area contributed by atoms with Crippen LogP contribution in [0.15, 0.2) is 47.4 Å². The molecule has 176 valence electrons. The van der Waals surface area contributed by atoms with Gasteiger partial charge in [-0.25, -0.2) is 4.39 Å². The Bertz CT molecular complexity index is 1290. The molecule has 4 rings (SSSR count). The van der Waals surface area contributed by atoms with Crippen molar-refractivity contribution in [2.24, 2.45) is 0 Å². The molecule has 2 heterocycles. The Labute approximate surface area is 206 Å². The first kappa shape index (κ1) is 24.0. The number of benzene rings is 2. The van der Waals surface area contributed by atoms with E-state index in [-0.39, 0.29) is 16.1 Å². The molecule has 0 unspecified atom stereocenters. The number of allylic oxidation sites excluding steroid dienone is 1. The quantitative estimate of drug-likeness (QED) is 0.539. The van der Waals surface area contributed by atoms with E-state index in [1.54, 1.807) is 12.1 Å². The van der Waals surface area contributed by atoms with Crippen molar-refractivity contribution in [3.63, 3.8) is 0 Å². The van der Waals surface area contributed by atoms with Gasteiger partial charge in [0.25, 0.3) is 11.1 Å². The average Bonchev–Trinajstić information content (AvgIpc) is 3.02. The molecule has 2 aliphatic heterocycles.